The predicted octanol–water partition coefficient (Wildman–Crippen LogP) is 1.79. The van der Waals surface area contributed by atoms with Gasteiger partial charge in [0.25, 0.3) is 0 Å². The molecule has 1 aromatic rings. The molecule has 0 radical (unpaired) electrons. The molecule has 2 rings (SSSR count). The fraction of sp³-hybridized carbons (Fsp3) is 0.400. The number of hydrogen-bond acceptors (Lipinski definition) is 3. The Morgan fingerprint density at radius 2 is 2.38 bits per heavy atom. The number of hydrogen-bond donors (Lipinski definition) is 1. The number of halogens is 2. The number of anilines is 1. The molecule has 0 bridgehead atoms. The summed E-state index contributed by atoms with van der Waals surface area (Å²) in [6.07, 6.45) is 0.405. The standard InChI is InChI=1S/C10H10BrIN2O2/c11-10-7(12)1-2-8(13-10)14-4-6(5-15)3-9(14)16/h1-2,6,15H,3-5H2. The number of aliphatic hydroxyl groups excluding tert-OH is 1. The summed E-state index contributed by atoms with van der Waals surface area (Å²) in [6, 6.07) is 3.73. The molecular formula is C10H10BrIN2O2. The van der Waals surface area contributed by atoms with Gasteiger partial charge in [-0.3, -0.25) is 9.69 Å². The Labute approximate surface area is 115 Å². The van der Waals surface area contributed by atoms with Crippen molar-refractivity contribution in [2.45, 2.75) is 6.42 Å². The molecule has 6 heteroatoms. The molecular weight excluding hydrogens is 387 g/mol. The van der Waals surface area contributed by atoms with E-state index in [0.29, 0.717) is 18.8 Å². The molecule has 1 N–H and O–H groups in total. The van der Waals surface area contributed by atoms with E-state index in [4.69, 9.17) is 5.11 Å². The van der Waals surface area contributed by atoms with Gasteiger partial charge in [0.05, 0.1) is 0 Å². The minimum absolute atomic E-state index is 0.0275. The Balaban J connectivity index is 2.24. The lowest BCUT2D eigenvalue weighted by atomic mass is 10.1. The van der Waals surface area contributed by atoms with Crippen LogP contribution in [0.2, 0.25) is 0 Å². The zero-order chi connectivity index (χ0) is 11.7. The minimum Gasteiger partial charge on any atom is -0.396 e. The molecule has 1 aliphatic heterocycles. The number of carbonyl (C=O) groups excluding carboxylic acids is 1. The highest BCUT2D eigenvalue weighted by Crippen LogP contribution is 2.26. The van der Waals surface area contributed by atoms with E-state index in [1.54, 1.807) is 4.90 Å². The van der Waals surface area contributed by atoms with E-state index in [2.05, 4.69) is 43.5 Å². The van der Waals surface area contributed by atoms with Crippen LogP contribution in [-0.4, -0.2) is 29.1 Å². The molecule has 0 aromatic carbocycles. The summed E-state index contributed by atoms with van der Waals surface area (Å²) in [7, 11) is 0. The summed E-state index contributed by atoms with van der Waals surface area (Å²) in [6.45, 7) is 0.600. The highest BCUT2D eigenvalue weighted by atomic mass is 127. The van der Waals surface area contributed by atoms with Gasteiger partial charge >= 0.3 is 0 Å². The van der Waals surface area contributed by atoms with Crippen molar-refractivity contribution < 1.29 is 9.90 Å². The van der Waals surface area contributed by atoms with Gasteiger partial charge in [0.15, 0.2) is 0 Å². The second kappa shape index (κ2) is 4.97. The van der Waals surface area contributed by atoms with Crippen LogP contribution in [0.15, 0.2) is 16.7 Å². The zero-order valence-electron chi connectivity index (χ0n) is 8.36. The highest BCUT2D eigenvalue weighted by molar-refractivity contribution is 14.1. The molecule has 1 saturated heterocycles. The van der Waals surface area contributed by atoms with Gasteiger partial charge in [-0.25, -0.2) is 4.98 Å². The molecule has 1 aliphatic rings. The second-order valence-electron chi connectivity index (χ2n) is 3.70. The van der Waals surface area contributed by atoms with Gasteiger partial charge in [-0.05, 0) is 50.7 Å². The van der Waals surface area contributed by atoms with E-state index in [0.717, 1.165) is 8.17 Å². The third-order valence-electron chi connectivity index (χ3n) is 2.53. The molecule has 2 heterocycles. The first-order valence-electron chi connectivity index (χ1n) is 4.85. The Bertz CT molecular complexity index is 427. The van der Waals surface area contributed by atoms with Gasteiger partial charge in [-0.15, -0.1) is 0 Å². The number of carbonyl (C=O) groups is 1. The van der Waals surface area contributed by atoms with E-state index < -0.39 is 0 Å². The summed E-state index contributed by atoms with van der Waals surface area (Å²) in [4.78, 5) is 17.6. The number of aliphatic hydroxyl groups is 1. The second-order valence-corrected chi connectivity index (χ2v) is 5.61. The maximum atomic E-state index is 11.7. The summed E-state index contributed by atoms with van der Waals surface area (Å²) >= 11 is 5.51. The molecule has 0 aliphatic carbocycles. The van der Waals surface area contributed by atoms with E-state index in [-0.39, 0.29) is 18.4 Å². The largest absolute Gasteiger partial charge is 0.396 e. The lowest BCUT2D eigenvalue weighted by Crippen LogP contribution is -2.25. The number of pyridine rings is 1. The first kappa shape index (κ1) is 12.3. The summed E-state index contributed by atoms with van der Waals surface area (Å²) in [5.41, 5.74) is 0. The molecule has 86 valence electrons. The molecule has 1 atom stereocenters. The Morgan fingerprint density at radius 1 is 1.62 bits per heavy atom. The third-order valence-corrected chi connectivity index (χ3v) is 4.74. The number of rotatable bonds is 2. The van der Waals surface area contributed by atoms with Gasteiger partial charge in [0.2, 0.25) is 5.91 Å². The fourth-order valence-corrected chi connectivity index (χ4v) is 2.30. The molecule has 1 fully saturated rings. The van der Waals surface area contributed by atoms with Gasteiger partial charge in [0, 0.05) is 29.1 Å². The average Bonchev–Trinajstić information content (AvgIpc) is 2.64. The third kappa shape index (κ3) is 2.38. The van der Waals surface area contributed by atoms with Crippen LogP contribution in [0.4, 0.5) is 5.82 Å². The summed E-state index contributed by atoms with van der Waals surface area (Å²) < 4.78 is 1.75. The van der Waals surface area contributed by atoms with E-state index in [9.17, 15) is 4.79 Å². The highest BCUT2D eigenvalue weighted by Gasteiger charge is 2.30. The molecule has 1 aromatic heterocycles. The Morgan fingerprint density at radius 3 is 2.94 bits per heavy atom. The normalized spacial score (nSPS) is 20.6. The zero-order valence-corrected chi connectivity index (χ0v) is 12.1. The van der Waals surface area contributed by atoms with Gasteiger partial charge in [0.1, 0.15) is 10.4 Å². The van der Waals surface area contributed by atoms with E-state index >= 15 is 0 Å². The molecule has 0 saturated carbocycles. The van der Waals surface area contributed by atoms with Crippen LogP contribution in [-0.2, 0) is 4.79 Å². The maximum Gasteiger partial charge on any atom is 0.228 e. The smallest absolute Gasteiger partial charge is 0.228 e. The van der Waals surface area contributed by atoms with Crippen LogP contribution in [0.25, 0.3) is 0 Å². The van der Waals surface area contributed by atoms with Crippen molar-refractivity contribution in [1.29, 1.82) is 0 Å². The van der Waals surface area contributed by atoms with Crippen molar-refractivity contribution in [3.05, 3.63) is 20.3 Å². The summed E-state index contributed by atoms with van der Waals surface area (Å²) in [5.74, 6) is 0.709. The maximum absolute atomic E-state index is 11.7. The average molecular weight is 397 g/mol. The van der Waals surface area contributed by atoms with Crippen LogP contribution in [0.1, 0.15) is 6.42 Å². The number of nitrogens with zero attached hydrogens (tertiary/aromatic N) is 2. The molecule has 4 nitrogen and oxygen atoms in total. The molecule has 0 spiro atoms. The van der Waals surface area contributed by atoms with E-state index in [1.807, 2.05) is 12.1 Å². The van der Waals surface area contributed by atoms with Crippen molar-refractivity contribution in [1.82, 2.24) is 4.98 Å². The van der Waals surface area contributed by atoms with Crippen molar-refractivity contribution in [3.63, 3.8) is 0 Å². The molecule has 16 heavy (non-hydrogen) atoms. The molecule has 1 unspecified atom stereocenters. The van der Waals surface area contributed by atoms with Crippen molar-refractivity contribution >= 4 is 50.2 Å². The monoisotopic (exact) mass is 396 g/mol. The lowest BCUT2D eigenvalue weighted by molar-refractivity contribution is -0.117. The van der Waals surface area contributed by atoms with Crippen LogP contribution >= 0.6 is 38.5 Å². The van der Waals surface area contributed by atoms with Crippen LogP contribution in [0, 0.1) is 9.49 Å². The topological polar surface area (TPSA) is 53.4 Å². The van der Waals surface area contributed by atoms with Crippen molar-refractivity contribution in [2.24, 2.45) is 5.92 Å². The first-order chi connectivity index (χ1) is 7.61. The van der Waals surface area contributed by atoms with E-state index in [1.165, 1.54) is 0 Å². The van der Waals surface area contributed by atoms with Crippen molar-refractivity contribution in [3.8, 4) is 0 Å². The van der Waals surface area contributed by atoms with Crippen LogP contribution < -0.4 is 4.90 Å². The molecule has 1 amide bonds. The Hall–Kier alpha value is -0.210. The first-order valence-corrected chi connectivity index (χ1v) is 6.72. The van der Waals surface area contributed by atoms with Crippen molar-refractivity contribution in [2.75, 3.05) is 18.1 Å². The van der Waals surface area contributed by atoms with Gasteiger partial charge in [-0.1, -0.05) is 0 Å². The fourth-order valence-electron chi connectivity index (χ4n) is 1.68. The van der Waals surface area contributed by atoms with Gasteiger partial charge < -0.3 is 5.11 Å². The SMILES string of the molecule is O=C1CC(CO)CN1c1ccc(I)c(Br)n1. The van der Waals surface area contributed by atoms with Crippen LogP contribution in [0.3, 0.4) is 0 Å². The number of aromatic nitrogens is 1. The minimum atomic E-state index is 0.0275. The van der Waals surface area contributed by atoms with Crippen LogP contribution in [0.5, 0.6) is 0 Å². The Kier molecular flexibility index (Phi) is 3.81. The predicted molar refractivity (Wildman–Crippen MR) is 72.2 cm³/mol. The quantitative estimate of drug-likeness (QED) is 0.612. The summed E-state index contributed by atoms with van der Waals surface area (Å²) in [5, 5.41) is 9.04. The van der Waals surface area contributed by atoms with Gasteiger partial charge in [-0.2, -0.15) is 0 Å². The number of amides is 1. The lowest BCUT2D eigenvalue weighted by Gasteiger charge is -2.15.